The van der Waals surface area contributed by atoms with Crippen molar-refractivity contribution in [2.75, 3.05) is 14.2 Å². The Labute approximate surface area is 107 Å². The van der Waals surface area contributed by atoms with Crippen molar-refractivity contribution in [3.8, 4) is 5.75 Å². The number of carbonyl (C=O) groups excluding carboxylic acids is 1. The van der Waals surface area contributed by atoms with E-state index in [0.29, 0.717) is 0 Å². The van der Waals surface area contributed by atoms with Crippen LogP contribution in [0.4, 0.5) is 13.2 Å². The predicted molar refractivity (Wildman–Crippen MR) is 58.4 cm³/mol. The molecule has 1 aromatic rings. The first-order valence-electron chi connectivity index (χ1n) is 5.08. The fourth-order valence-corrected chi connectivity index (χ4v) is 1.21. The first-order valence-corrected chi connectivity index (χ1v) is 5.08. The molecule has 1 aromatic carbocycles. The fourth-order valence-electron chi connectivity index (χ4n) is 1.21. The maximum atomic E-state index is 11.9. The van der Waals surface area contributed by atoms with Crippen LogP contribution in [0.25, 0.3) is 0 Å². The second-order valence-corrected chi connectivity index (χ2v) is 3.35. The lowest BCUT2D eigenvalue weighted by atomic mass is 10.2. The molecule has 106 valence electrons. The zero-order valence-electron chi connectivity index (χ0n) is 10.2. The molecule has 0 unspecified atom stereocenters. The molecule has 1 rings (SSSR count). The molecule has 0 fully saturated rings. The molecular weight excluding hydrogens is 267 g/mol. The van der Waals surface area contributed by atoms with E-state index >= 15 is 0 Å². The molecule has 0 spiro atoms. The molecule has 1 amide bonds. The van der Waals surface area contributed by atoms with Gasteiger partial charge in [-0.15, -0.1) is 13.2 Å². The van der Waals surface area contributed by atoms with E-state index < -0.39 is 24.4 Å². The van der Waals surface area contributed by atoms with E-state index in [1.54, 1.807) is 0 Å². The number of rotatable bonds is 5. The fraction of sp³-hybridized carbons (Fsp3) is 0.364. The molecule has 19 heavy (non-hydrogen) atoms. The Bertz CT molecular complexity index is 415. The van der Waals surface area contributed by atoms with Gasteiger partial charge in [0.05, 0.1) is 0 Å². The monoisotopic (exact) mass is 279 g/mol. The van der Waals surface area contributed by atoms with Gasteiger partial charge in [-0.05, 0) is 24.3 Å². The van der Waals surface area contributed by atoms with E-state index in [-0.39, 0.29) is 5.56 Å². The van der Waals surface area contributed by atoms with Crippen molar-refractivity contribution in [2.24, 2.45) is 0 Å². The van der Waals surface area contributed by atoms with Crippen LogP contribution < -0.4 is 10.1 Å². The topological polar surface area (TPSA) is 56.8 Å². The van der Waals surface area contributed by atoms with Gasteiger partial charge in [0, 0.05) is 19.8 Å². The first kappa shape index (κ1) is 15.3. The van der Waals surface area contributed by atoms with Crippen molar-refractivity contribution in [1.29, 1.82) is 0 Å². The standard InChI is InChI=1S/C11H12F3NO4/c1-17-10(18-2)15-9(16)7-3-5-8(6-4-7)19-11(12,13)14/h3-6,10H,1-2H3,(H,15,16). The van der Waals surface area contributed by atoms with Crippen molar-refractivity contribution >= 4 is 5.91 Å². The summed E-state index contributed by atoms with van der Waals surface area (Å²) in [7, 11) is 2.66. The van der Waals surface area contributed by atoms with Crippen molar-refractivity contribution in [3.63, 3.8) is 0 Å². The van der Waals surface area contributed by atoms with Crippen LogP contribution in [0, 0.1) is 0 Å². The highest BCUT2D eigenvalue weighted by Gasteiger charge is 2.31. The third-order valence-corrected chi connectivity index (χ3v) is 2.03. The second-order valence-electron chi connectivity index (χ2n) is 3.35. The molecule has 0 atom stereocenters. The molecule has 0 aliphatic carbocycles. The van der Waals surface area contributed by atoms with Crippen molar-refractivity contribution in [2.45, 2.75) is 12.8 Å². The Hall–Kier alpha value is -1.80. The highest BCUT2D eigenvalue weighted by molar-refractivity contribution is 5.94. The number of benzene rings is 1. The molecule has 5 nitrogen and oxygen atoms in total. The Morgan fingerprint density at radius 1 is 1.16 bits per heavy atom. The van der Waals surface area contributed by atoms with Gasteiger partial charge in [-0.3, -0.25) is 4.79 Å². The first-order chi connectivity index (χ1) is 8.85. The number of carbonyl (C=O) groups is 1. The van der Waals surface area contributed by atoms with Crippen molar-refractivity contribution in [3.05, 3.63) is 29.8 Å². The quantitative estimate of drug-likeness (QED) is 0.836. The van der Waals surface area contributed by atoms with E-state index in [1.165, 1.54) is 26.4 Å². The summed E-state index contributed by atoms with van der Waals surface area (Å²) in [6, 6.07) is 4.46. The van der Waals surface area contributed by atoms with Gasteiger partial charge in [-0.1, -0.05) is 0 Å². The summed E-state index contributed by atoms with van der Waals surface area (Å²) in [5.41, 5.74) is 0.147. The average molecular weight is 279 g/mol. The van der Waals surface area contributed by atoms with Crippen molar-refractivity contribution in [1.82, 2.24) is 5.32 Å². The normalized spacial score (nSPS) is 11.5. The molecule has 0 aliphatic rings. The third-order valence-electron chi connectivity index (χ3n) is 2.03. The molecule has 0 saturated heterocycles. The summed E-state index contributed by atoms with van der Waals surface area (Å²) in [4.78, 5) is 11.6. The van der Waals surface area contributed by atoms with E-state index in [9.17, 15) is 18.0 Å². The summed E-state index contributed by atoms with van der Waals surface area (Å²) in [5, 5.41) is 2.35. The molecular formula is C11H12F3NO4. The smallest absolute Gasteiger partial charge is 0.406 e. The van der Waals surface area contributed by atoms with Crippen molar-refractivity contribution < 1.29 is 32.2 Å². The molecule has 0 radical (unpaired) electrons. The molecule has 8 heteroatoms. The van der Waals surface area contributed by atoms with Crippen LogP contribution in [0.3, 0.4) is 0 Å². The number of amides is 1. The molecule has 0 aromatic heterocycles. The van der Waals surface area contributed by atoms with Gasteiger partial charge in [0.25, 0.3) is 5.91 Å². The number of nitrogens with one attached hydrogen (secondary N) is 1. The highest BCUT2D eigenvalue weighted by Crippen LogP contribution is 2.22. The molecule has 1 N–H and O–H groups in total. The maximum absolute atomic E-state index is 11.9. The van der Waals surface area contributed by atoms with Crippen LogP contribution >= 0.6 is 0 Å². The summed E-state index contributed by atoms with van der Waals surface area (Å²) in [6.07, 6.45) is -5.69. The highest BCUT2D eigenvalue weighted by atomic mass is 19.4. The zero-order chi connectivity index (χ0) is 14.5. The van der Waals surface area contributed by atoms with Crippen LogP contribution in [0.2, 0.25) is 0 Å². The number of methoxy groups -OCH3 is 2. The van der Waals surface area contributed by atoms with Crippen LogP contribution in [-0.4, -0.2) is 32.9 Å². The minimum absolute atomic E-state index is 0.147. The summed E-state index contributed by atoms with van der Waals surface area (Å²) < 4.78 is 49.0. The zero-order valence-corrected chi connectivity index (χ0v) is 10.2. The van der Waals surface area contributed by atoms with Gasteiger partial charge < -0.3 is 19.5 Å². The van der Waals surface area contributed by atoms with Crippen LogP contribution in [0.5, 0.6) is 5.75 Å². The van der Waals surface area contributed by atoms with Gasteiger partial charge in [-0.25, -0.2) is 0 Å². The van der Waals surface area contributed by atoms with Crippen LogP contribution in [0.15, 0.2) is 24.3 Å². The Morgan fingerprint density at radius 2 is 1.68 bits per heavy atom. The van der Waals surface area contributed by atoms with Gasteiger partial charge in [0.2, 0.25) is 6.41 Å². The molecule has 0 heterocycles. The SMILES string of the molecule is COC(NC(=O)c1ccc(OC(F)(F)F)cc1)OC. The third kappa shape index (κ3) is 5.14. The van der Waals surface area contributed by atoms with E-state index in [2.05, 4.69) is 10.1 Å². The summed E-state index contributed by atoms with van der Waals surface area (Å²) in [5.74, 6) is -0.952. The lowest BCUT2D eigenvalue weighted by molar-refractivity contribution is -0.274. The Kier molecular flexibility index (Phi) is 5.13. The second kappa shape index (κ2) is 6.39. The molecule has 0 saturated carbocycles. The maximum Gasteiger partial charge on any atom is 0.573 e. The van der Waals surface area contributed by atoms with Crippen LogP contribution in [-0.2, 0) is 9.47 Å². The minimum atomic E-state index is -4.76. The predicted octanol–water partition coefficient (Wildman–Crippen LogP) is 1.89. The molecule has 0 aliphatic heterocycles. The van der Waals surface area contributed by atoms with Gasteiger partial charge >= 0.3 is 6.36 Å². The summed E-state index contributed by atoms with van der Waals surface area (Å²) >= 11 is 0. The lowest BCUT2D eigenvalue weighted by Gasteiger charge is -2.15. The van der Waals surface area contributed by atoms with E-state index in [4.69, 9.17) is 9.47 Å². The number of hydrogen-bond donors (Lipinski definition) is 1. The molecule has 0 bridgehead atoms. The number of halogens is 3. The van der Waals surface area contributed by atoms with Gasteiger partial charge in [-0.2, -0.15) is 0 Å². The Morgan fingerprint density at radius 3 is 2.11 bits per heavy atom. The van der Waals surface area contributed by atoms with E-state index in [0.717, 1.165) is 12.1 Å². The van der Waals surface area contributed by atoms with Gasteiger partial charge in [0.15, 0.2) is 0 Å². The lowest BCUT2D eigenvalue weighted by Crippen LogP contribution is -2.37. The number of hydrogen-bond acceptors (Lipinski definition) is 4. The van der Waals surface area contributed by atoms with Gasteiger partial charge in [0.1, 0.15) is 5.75 Å². The number of alkyl halides is 3. The van der Waals surface area contributed by atoms with Crippen LogP contribution in [0.1, 0.15) is 10.4 Å². The average Bonchev–Trinajstić information content (AvgIpc) is 2.34. The van der Waals surface area contributed by atoms with E-state index in [1.807, 2.05) is 0 Å². The largest absolute Gasteiger partial charge is 0.573 e. The Balaban J connectivity index is 2.68. The minimum Gasteiger partial charge on any atom is -0.406 e. The number of ether oxygens (including phenoxy) is 3. The summed E-state index contributed by atoms with van der Waals surface area (Å²) in [6.45, 7) is 0.